The minimum absolute atomic E-state index is 0.0177. The molecule has 124 valence electrons. The van der Waals surface area contributed by atoms with Gasteiger partial charge in [0.2, 0.25) is 5.78 Å². The van der Waals surface area contributed by atoms with Gasteiger partial charge in [0.15, 0.2) is 0 Å². The van der Waals surface area contributed by atoms with Crippen molar-refractivity contribution in [3.8, 4) is 0 Å². The van der Waals surface area contributed by atoms with Gasteiger partial charge in [0.25, 0.3) is 5.69 Å². The highest BCUT2D eigenvalue weighted by Crippen LogP contribution is 2.24. The molecule has 0 N–H and O–H groups in total. The van der Waals surface area contributed by atoms with Crippen LogP contribution < -0.4 is 0 Å². The van der Waals surface area contributed by atoms with Crippen molar-refractivity contribution in [2.45, 2.75) is 19.4 Å². The number of ether oxygens (including phenoxy) is 1. The van der Waals surface area contributed by atoms with Gasteiger partial charge in [0.1, 0.15) is 6.61 Å². The zero-order valence-corrected chi connectivity index (χ0v) is 14.2. The van der Waals surface area contributed by atoms with Gasteiger partial charge in [-0.25, -0.2) is 4.79 Å². The van der Waals surface area contributed by atoms with Gasteiger partial charge in [-0.1, -0.05) is 52.3 Å². The van der Waals surface area contributed by atoms with E-state index in [1.807, 2.05) is 6.07 Å². The second-order valence-corrected chi connectivity index (χ2v) is 5.93. The maximum Gasteiger partial charge on any atom is 0.374 e. The molecule has 0 saturated carbocycles. The molecule has 0 unspecified atom stereocenters. The van der Waals surface area contributed by atoms with Gasteiger partial charge in [-0.15, -0.1) is 0 Å². The molecule has 2 aromatic carbocycles. The van der Waals surface area contributed by atoms with Crippen molar-refractivity contribution in [2.24, 2.45) is 0 Å². The molecule has 2 rings (SSSR count). The summed E-state index contributed by atoms with van der Waals surface area (Å²) >= 11 is 3.17. The van der Waals surface area contributed by atoms with Crippen LogP contribution in [-0.2, 0) is 27.4 Å². The molecule has 0 radical (unpaired) electrons. The van der Waals surface area contributed by atoms with Gasteiger partial charge in [0.05, 0.1) is 4.92 Å². The molecule has 0 spiro atoms. The Morgan fingerprint density at radius 1 is 1.12 bits per heavy atom. The summed E-state index contributed by atoms with van der Waals surface area (Å²) in [5.74, 6) is -1.64. The summed E-state index contributed by atoms with van der Waals surface area (Å²) in [6, 6.07) is 13.6. The van der Waals surface area contributed by atoms with Crippen molar-refractivity contribution in [2.75, 3.05) is 0 Å². The Balaban J connectivity index is 1.91. The maximum absolute atomic E-state index is 11.8. The van der Waals surface area contributed by atoms with Crippen LogP contribution in [0.15, 0.2) is 53.0 Å². The molecule has 0 saturated heterocycles. The Morgan fingerprint density at radius 2 is 1.83 bits per heavy atom. The molecule has 0 atom stereocenters. The Kier molecular flexibility index (Phi) is 6.20. The van der Waals surface area contributed by atoms with E-state index in [0.717, 1.165) is 5.56 Å². The molecule has 0 heterocycles. The lowest BCUT2D eigenvalue weighted by Gasteiger charge is -2.05. The zero-order chi connectivity index (χ0) is 17.5. The number of Topliss-reactive ketones (excluding diaryl/α,β-unsaturated/α-hetero) is 1. The summed E-state index contributed by atoms with van der Waals surface area (Å²) in [4.78, 5) is 34.0. The SMILES string of the molecule is O=C(CCc1ccc(Br)cc1[N+](=O)[O-])C(=O)OCc1ccccc1. The maximum atomic E-state index is 11.8. The largest absolute Gasteiger partial charge is 0.455 e. The number of hydrogen-bond acceptors (Lipinski definition) is 5. The van der Waals surface area contributed by atoms with Crippen LogP contribution in [0.3, 0.4) is 0 Å². The van der Waals surface area contributed by atoms with E-state index in [4.69, 9.17) is 4.74 Å². The average molecular weight is 392 g/mol. The number of ketones is 1. The summed E-state index contributed by atoms with van der Waals surface area (Å²) in [6.45, 7) is 0.0177. The van der Waals surface area contributed by atoms with Crippen LogP contribution >= 0.6 is 15.9 Å². The number of esters is 1. The normalized spacial score (nSPS) is 10.2. The summed E-state index contributed by atoms with van der Waals surface area (Å²) in [6.07, 6.45) is -0.0427. The minimum atomic E-state index is -0.932. The first-order chi connectivity index (χ1) is 11.5. The fraction of sp³-hybridized carbons (Fsp3) is 0.176. The third-order valence-electron chi connectivity index (χ3n) is 3.31. The van der Waals surface area contributed by atoms with Crippen LogP contribution in [0, 0.1) is 10.1 Å². The van der Waals surface area contributed by atoms with E-state index in [9.17, 15) is 19.7 Å². The number of benzene rings is 2. The fourth-order valence-corrected chi connectivity index (χ4v) is 2.42. The van der Waals surface area contributed by atoms with E-state index in [1.165, 1.54) is 6.07 Å². The molecule has 24 heavy (non-hydrogen) atoms. The first-order valence-corrected chi connectivity index (χ1v) is 7.93. The number of hydrogen-bond donors (Lipinski definition) is 0. The number of aryl methyl sites for hydroxylation is 1. The first-order valence-electron chi connectivity index (χ1n) is 7.14. The summed E-state index contributed by atoms with van der Waals surface area (Å²) in [7, 11) is 0. The quantitative estimate of drug-likeness (QED) is 0.311. The molecular weight excluding hydrogens is 378 g/mol. The Labute approximate surface area is 146 Å². The van der Waals surface area contributed by atoms with E-state index >= 15 is 0 Å². The minimum Gasteiger partial charge on any atom is -0.455 e. The van der Waals surface area contributed by atoms with Crippen molar-refractivity contribution >= 4 is 33.4 Å². The highest BCUT2D eigenvalue weighted by atomic mass is 79.9. The van der Waals surface area contributed by atoms with E-state index < -0.39 is 16.7 Å². The Hall–Kier alpha value is -2.54. The van der Waals surface area contributed by atoms with Crippen LogP contribution in [0.2, 0.25) is 0 Å². The Bertz CT molecular complexity index is 761. The number of nitro benzene ring substituents is 1. The highest BCUT2D eigenvalue weighted by Gasteiger charge is 2.19. The van der Waals surface area contributed by atoms with Gasteiger partial charge < -0.3 is 4.74 Å². The number of nitrogens with zero attached hydrogens (tertiary/aromatic N) is 1. The van der Waals surface area contributed by atoms with Crippen LogP contribution in [-0.4, -0.2) is 16.7 Å². The number of rotatable bonds is 7. The summed E-state index contributed by atoms with van der Waals surface area (Å²) < 4.78 is 5.52. The molecule has 7 heteroatoms. The van der Waals surface area contributed by atoms with Crippen LogP contribution in [0.5, 0.6) is 0 Å². The summed E-state index contributed by atoms with van der Waals surface area (Å²) in [5, 5.41) is 11.0. The predicted octanol–water partition coefficient (Wildman–Crippen LogP) is 3.60. The third-order valence-corrected chi connectivity index (χ3v) is 3.80. The molecule has 0 aromatic heterocycles. The molecule has 0 bridgehead atoms. The Morgan fingerprint density at radius 3 is 2.50 bits per heavy atom. The van der Waals surface area contributed by atoms with E-state index in [2.05, 4.69) is 15.9 Å². The second-order valence-electron chi connectivity index (χ2n) is 5.02. The highest BCUT2D eigenvalue weighted by molar-refractivity contribution is 9.10. The summed E-state index contributed by atoms with van der Waals surface area (Å²) in [5.41, 5.74) is 1.09. The average Bonchev–Trinajstić information content (AvgIpc) is 2.59. The molecule has 0 aliphatic carbocycles. The van der Waals surface area contributed by atoms with Gasteiger partial charge in [-0.2, -0.15) is 0 Å². The van der Waals surface area contributed by atoms with Crippen LogP contribution in [0.1, 0.15) is 17.5 Å². The lowest BCUT2D eigenvalue weighted by molar-refractivity contribution is -0.385. The fourth-order valence-electron chi connectivity index (χ4n) is 2.07. The molecule has 0 amide bonds. The number of carbonyl (C=O) groups is 2. The second kappa shape index (κ2) is 8.35. The first kappa shape index (κ1) is 17.8. The van der Waals surface area contributed by atoms with Gasteiger partial charge in [0, 0.05) is 22.5 Å². The molecule has 6 nitrogen and oxygen atoms in total. The van der Waals surface area contributed by atoms with E-state index in [0.29, 0.717) is 10.0 Å². The molecular formula is C17H14BrNO5. The van der Waals surface area contributed by atoms with E-state index in [-0.39, 0.29) is 25.1 Å². The molecule has 0 aliphatic heterocycles. The molecule has 0 fully saturated rings. The van der Waals surface area contributed by atoms with Crippen molar-refractivity contribution in [1.29, 1.82) is 0 Å². The monoisotopic (exact) mass is 391 g/mol. The van der Waals surface area contributed by atoms with Gasteiger partial charge in [-0.05, 0) is 18.1 Å². The smallest absolute Gasteiger partial charge is 0.374 e. The van der Waals surface area contributed by atoms with Crippen molar-refractivity contribution in [3.05, 3.63) is 74.2 Å². The molecule has 0 aliphatic rings. The van der Waals surface area contributed by atoms with Crippen LogP contribution in [0.4, 0.5) is 5.69 Å². The van der Waals surface area contributed by atoms with Crippen molar-refractivity contribution in [1.82, 2.24) is 0 Å². The van der Waals surface area contributed by atoms with Crippen LogP contribution in [0.25, 0.3) is 0 Å². The van der Waals surface area contributed by atoms with E-state index in [1.54, 1.807) is 36.4 Å². The number of carbonyl (C=O) groups excluding carboxylic acids is 2. The lowest BCUT2D eigenvalue weighted by atomic mass is 10.1. The lowest BCUT2D eigenvalue weighted by Crippen LogP contribution is -2.18. The third kappa shape index (κ3) is 4.99. The van der Waals surface area contributed by atoms with Gasteiger partial charge >= 0.3 is 5.97 Å². The van der Waals surface area contributed by atoms with Crippen molar-refractivity contribution in [3.63, 3.8) is 0 Å². The van der Waals surface area contributed by atoms with Crippen molar-refractivity contribution < 1.29 is 19.2 Å². The standard InChI is InChI=1S/C17H14BrNO5/c18-14-8-6-13(15(10-14)19(22)23)7-9-16(20)17(21)24-11-12-4-2-1-3-5-12/h1-6,8,10H,7,9,11H2. The zero-order valence-electron chi connectivity index (χ0n) is 12.6. The number of nitro groups is 1. The van der Waals surface area contributed by atoms with Gasteiger partial charge in [-0.3, -0.25) is 14.9 Å². The predicted molar refractivity (Wildman–Crippen MR) is 90.4 cm³/mol. The molecule has 2 aromatic rings. The number of halogens is 1. The topological polar surface area (TPSA) is 86.5 Å².